The van der Waals surface area contributed by atoms with Gasteiger partial charge in [-0.1, -0.05) is 19.1 Å². The second kappa shape index (κ2) is 6.81. The van der Waals surface area contributed by atoms with E-state index in [4.69, 9.17) is 9.15 Å². The lowest BCUT2D eigenvalue weighted by Gasteiger charge is -2.13. The van der Waals surface area contributed by atoms with Gasteiger partial charge in [0.05, 0.1) is 6.54 Å². The van der Waals surface area contributed by atoms with Gasteiger partial charge >= 0.3 is 0 Å². The van der Waals surface area contributed by atoms with Gasteiger partial charge in [-0.2, -0.15) is 0 Å². The summed E-state index contributed by atoms with van der Waals surface area (Å²) in [4.78, 5) is 0. The van der Waals surface area contributed by atoms with Crippen LogP contribution >= 0.6 is 0 Å². The lowest BCUT2D eigenvalue weighted by molar-refractivity contribution is 0.262. The highest BCUT2D eigenvalue weighted by Crippen LogP contribution is 2.27. The van der Waals surface area contributed by atoms with E-state index in [-0.39, 0.29) is 0 Å². The lowest BCUT2D eigenvalue weighted by Crippen LogP contribution is -2.11. The molecule has 21 heavy (non-hydrogen) atoms. The zero-order valence-corrected chi connectivity index (χ0v) is 13.7. The Bertz CT molecular complexity index is 614. The second-order valence-corrected chi connectivity index (χ2v) is 5.54. The van der Waals surface area contributed by atoms with E-state index in [1.807, 2.05) is 0 Å². The van der Waals surface area contributed by atoms with Crippen LogP contribution in [0.15, 0.2) is 22.6 Å². The molecule has 0 atom stereocenters. The molecule has 0 aliphatic heterocycles. The predicted molar refractivity (Wildman–Crippen MR) is 85.8 cm³/mol. The Hall–Kier alpha value is -1.74. The van der Waals surface area contributed by atoms with Gasteiger partial charge < -0.3 is 14.5 Å². The third-order valence-corrected chi connectivity index (χ3v) is 3.84. The summed E-state index contributed by atoms with van der Waals surface area (Å²) < 4.78 is 11.9. The summed E-state index contributed by atoms with van der Waals surface area (Å²) in [6.07, 6.45) is 0. The standard InChI is InChI=1S/C18H25NO2/c1-6-19-10-17-14(4)9-16(21-17)11-20-18-13(3)8-7-12(2)15(18)5/h7-9,19H,6,10-11H2,1-5H3. The molecule has 0 radical (unpaired) electrons. The van der Waals surface area contributed by atoms with Crippen LogP contribution in [0.5, 0.6) is 5.75 Å². The molecule has 0 saturated carbocycles. The summed E-state index contributed by atoms with van der Waals surface area (Å²) in [6, 6.07) is 6.29. The van der Waals surface area contributed by atoms with Crippen molar-refractivity contribution in [3.05, 3.63) is 52.0 Å². The fourth-order valence-electron chi connectivity index (χ4n) is 2.37. The first-order chi connectivity index (χ1) is 10.0. The van der Waals surface area contributed by atoms with E-state index < -0.39 is 0 Å². The molecular formula is C18H25NO2. The molecule has 0 unspecified atom stereocenters. The van der Waals surface area contributed by atoms with Gasteiger partial charge in [0.25, 0.3) is 0 Å². The maximum atomic E-state index is 5.99. The molecule has 1 heterocycles. The van der Waals surface area contributed by atoms with Crippen LogP contribution in [0.4, 0.5) is 0 Å². The molecule has 3 heteroatoms. The number of aryl methyl sites for hydroxylation is 3. The summed E-state index contributed by atoms with van der Waals surface area (Å²) in [7, 11) is 0. The molecule has 0 spiro atoms. The normalized spacial score (nSPS) is 10.9. The van der Waals surface area contributed by atoms with E-state index in [1.165, 1.54) is 16.7 Å². The van der Waals surface area contributed by atoms with Crippen molar-refractivity contribution in [2.75, 3.05) is 6.54 Å². The summed E-state index contributed by atoms with van der Waals surface area (Å²) in [5, 5.41) is 3.28. The number of nitrogens with one attached hydrogen (secondary N) is 1. The summed E-state index contributed by atoms with van der Waals surface area (Å²) in [5.74, 6) is 2.84. The van der Waals surface area contributed by atoms with Gasteiger partial charge in [-0.15, -0.1) is 0 Å². The third kappa shape index (κ3) is 3.67. The Kier molecular flexibility index (Phi) is 5.07. The molecule has 2 rings (SSSR count). The number of ether oxygens (including phenoxy) is 1. The second-order valence-electron chi connectivity index (χ2n) is 5.54. The maximum absolute atomic E-state index is 5.99. The topological polar surface area (TPSA) is 34.4 Å². The smallest absolute Gasteiger partial charge is 0.146 e. The number of benzene rings is 1. The Balaban J connectivity index is 2.08. The van der Waals surface area contributed by atoms with Gasteiger partial charge in [-0.3, -0.25) is 0 Å². The van der Waals surface area contributed by atoms with E-state index >= 15 is 0 Å². The van der Waals surface area contributed by atoms with Crippen LogP contribution in [0, 0.1) is 27.7 Å². The lowest BCUT2D eigenvalue weighted by atomic mass is 10.1. The fraction of sp³-hybridized carbons (Fsp3) is 0.444. The van der Waals surface area contributed by atoms with Crippen LogP contribution in [0.2, 0.25) is 0 Å². The number of hydrogen-bond donors (Lipinski definition) is 1. The average molecular weight is 287 g/mol. The zero-order valence-electron chi connectivity index (χ0n) is 13.7. The molecule has 1 N–H and O–H groups in total. The van der Waals surface area contributed by atoms with Crippen molar-refractivity contribution >= 4 is 0 Å². The Morgan fingerprint density at radius 3 is 2.48 bits per heavy atom. The predicted octanol–water partition coefficient (Wildman–Crippen LogP) is 4.20. The molecule has 1 aromatic heterocycles. The Morgan fingerprint density at radius 1 is 1.05 bits per heavy atom. The molecule has 1 aromatic carbocycles. The Morgan fingerprint density at radius 2 is 1.76 bits per heavy atom. The molecule has 114 valence electrons. The number of hydrogen-bond acceptors (Lipinski definition) is 3. The van der Waals surface area contributed by atoms with Gasteiger partial charge in [-0.05, 0) is 62.6 Å². The third-order valence-electron chi connectivity index (χ3n) is 3.84. The van der Waals surface area contributed by atoms with Gasteiger partial charge in [0.2, 0.25) is 0 Å². The average Bonchev–Trinajstić information content (AvgIpc) is 2.81. The molecule has 0 aliphatic carbocycles. The highest BCUT2D eigenvalue weighted by Gasteiger charge is 2.10. The quantitative estimate of drug-likeness (QED) is 0.864. The Labute approximate surface area is 127 Å². The van der Waals surface area contributed by atoms with Crippen LogP contribution in [-0.2, 0) is 13.2 Å². The van der Waals surface area contributed by atoms with E-state index in [2.05, 4.69) is 58.1 Å². The largest absolute Gasteiger partial charge is 0.485 e. The first kappa shape index (κ1) is 15.6. The van der Waals surface area contributed by atoms with Crippen molar-refractivity contribution in [1.82, 2.24) is 5.32 Å². The van der Waals surface area contributed by atoms with E-state index in [0.29, 0.717) is 6.61 Å². The van der Waals surface area contributed by atoms with Gasteiger partial charge in [0.1, 0.15) is 23.9 Å². The highest BCUT2D eigenvalue weighted by molar-refractivity contribution is 5.44. The van der Waals surface area contributed by atoms with Crippen LogP contribution in [0.1, 0.15) is 40.7 Å². The van der Waals surface area contributed by atoms with Crippen LogP contribution < -0.4 is 10.1 Å². The minimum Gasteiger partial charge on any atom is -0.485 e. The molecule has 0 saturated heterocycles. The minimum absolute atomic E-state index is 0.470. The summed E-state index contributed by atoms with van der Waals surface area (Å²) >= 11 is 0. The molecule has 0 bridgehead atoms. The van der Waals surface area contributed by atoms with Gasteiger partial charge in [0, 0.05) is 0 Å². The highest BCUT2D eigenvalue weighted by atomic mass is 16.5. The SMILES string of the molecule is CCNCc1oc(COc2c(C)ccc(C)c2C)cc1C. The monoisotopic (exact) mass is 287 g/mol. The molecule has 3 nitrogen and oxygen atoms in total. The van der Waals surface area contributed by atoms with Gasteiger partial charge in [0.15, 0.2) is 0 Å². The van der Waals surface area contributed by atoms with E-state index in [1.54, 1.807) is 0 Å². The van der Waals surface area contributed by atoms with Crippen molar-refractivity contribution in [1.29, 1.82) is 0 Å². The fourth-order valence-corrected chi connectivity index (χ4v) is 2.37. The van der Waals surface area contributed by atoms with Crippen molar-refractivity contribution < 1.29 is 9.15 Å². The van der Waals surface area contributed by atoms with Crippen molar-refractivity contribution in [2.45, 2.75) is 47.8 Å². The number of furan rings is 1. The molecule has 0 aliphatic rings. The molecule has 0 fully saturated rings. The molecular weight excluding hydrogens is 262 g/mol. The van der Waals surface area contributed by atoms with Crippen molar-refractivity contribution in [3.63, 3.8) is 0 Å². The van der Waals surface area contributed by atoms with E-state index in [9.17, 15) is 0 Å². The van der Waals surface area contributed by atoms with Crippen molar-refractivity contribution in [3.8, 4) is 5.75 Å². The number of rotatable bonds is 6. The molecule has 2 aromatic rings. The van der Waals surface area contributed by atoms with Crippen LogP contribution in [0.25, 0.3) is 0 Å². The van der Waals surface area contributed by atoms with Crippen molar-refractivity contribution in [2.24, 2.45) is 0 Å². The first-order valence-electron chi connectivity index (χ1n) is 7.51. The minimum atomic E-state index is 0.470. The van der Waals surface area contributed by atoms with Crippen LogP contribution in [-0.4, -0.2) is 6.54 Å². The first-order valence-corrected chi connectivity index (χ1v) is 7.51. The summed E-state index contributed by atoms with van der Waals surface area (Å²) in [6.45, 7) is 12.6. The van der Waals surface area contributed by atoms with Gasteiger partial charge in [-0.25, -0.2) is 0 Å². The zero-order chi connectivity index (χ0) is 15.4. The van der Waals surface area contributed by atoms with E-state index in [0.717, 1.165) is 35.9 Å². The maximum Gasteiger partial charge on any atom is 0.146 e. The van der Waals surface area contributed by atoms with Crippen LogP contribution in [0.3, 0.4) is 0 Å². The molecule has 0 amide bonds. The summed E-state index contributed by atoms with van der Waals surface area (Å²) in [5.41, 5.74) is 4.78.